The van der Waals surface area contributed by atoms with Crippen molar-refractivity contribution in [3.8, 4) is 11.4 Å². The Balaban J connectivity index is 2.29. The Morgan fingerprint density at radius 2 is 1.88 bits per heavy atom. The molecule has 0 atom stereocenters. The maximum atomic E-state index is 12.7. The highest BCUT2D eigenvalue weighted by Gasteiger charge is 2.30. The average Bonchev–Trinajstić information content (AvgIpc) is 2.75. The van der Waals surface area contributed by atoms with Crippen molar-refractivity contribution in [3.05, 3.63) is 34.1 Å². The van der Waals surface area contributed by atoms with Gasteiger partial charge in [-0.05, 0) is 49.4 Å². The predicted molar refractivity (Wildman–Crippen MR) is 90.4 cm³/mol. The minimum Gasteiger partial charge on any atom is -0.303 e. The van der Waals surface area contributed by atoms with Crippen LogP contribution in [0.25, 0.3) is 11.4 Å². The van der Waals surface area contributed by atoms with E-state index in [9.17, 15) is 13.2 Å². The van der Waals surface area contributed by atoms with Gasteiger partial charge in [-0.25, -0.2) is 4.68 Å². The van der Waals surface area contributed by atoms with Crippen molar-refractivity contribution in [3.63, 3.8) is 0 Å². The van der Waals surface area contributed by atoms with E-state index in [0.29, 0.717) is 28.6 Å². The molecule has 24 heavy (non-hydrogen) atoms. The molecule has 0 radical (unpaired) electrons. The number of hydrogen-bond donors (Lipinski definition) is 0. The van der Waals surface area contributed by atoms with Crippen molar-refractivity contribution < 1.29 is 13.2 Å². The molecule has 0 aliphatic rings. The van der Waals surface area contributed by atoms with Gasteiger partial charge in [0, 0.05) is 17.6 Å². The van der Waals surface area contributed by atoms with E-state index < -0.39 is 12.7 Å². The molecule has 1 aromatic carbocycles. The van der Waals surface area contributed by atoms with Gasteiger partial charge in [-0.2, -0.15) is 18.3 Å². The van der Waals surface area contributed by atoms with Crippen LogP contribution in [0, 0.1) is 4.77 Å². The first-order chi connectivity index (χ1) is 11.2. The second-order valence-electron chi connectivity index (χ2n) is 5.48. The predicted octanol–water partition coefficient (Wildman–Crippen LogP) is 4.50. The van der Waals surface area contributed by atoms with Gasteiger partial charge in [0.05, 0.1) is 13.2 Å². The Labute approximate surface area is 148 Å². The molecule has 0 unspecified atom stereocenters. The third kappa shape index (κ3) is 4.81. The molecule has 9 heteroatoms. The summed E-state index contributed by atoms with van der Waals surface area (Å²) in [6, 6.07) is 7.05. The van der Waals surface area contributed by atoms with Gasteiger partial charge in [0.2, 0.25) is 0 Å². The molecule has 2 aromatic rings. The molecule has 2 rings (SSSR count). The van der Waals surface area contributed by atoms with E-state index in [4.69, 9.17) is 23.8 Å². The number of rotatable bonds is 6. The van der Waals surface area contributed by atoms with E-state index in [1.165, 1.54) is 9.58 Å². The number of halogens is 4. The van der Waals surface area contributed by atoms with Crippen molar-refractivity contribution >= 4 is 23.8 Å². The van der Waals surface area contributed by atoms with Crippen LogP contribution in [0.5, 0.6) is 0 Å². The quantitative estimate of drug-likeness (QED) is 0.692. The van der Waals surface area contributed by atoms with Crippen LogP contribution >= 0.6 is 23.8 Å². The van der Waals surface area contributed by atoms with Crippen LogP contribution in [0.1, 0.15) is 13.3 Å². The summed E-state index contributed by atoms with van der Waals surface area (Å²) in [6.07, 6.45) is -3.65. The molecule has 4 nitrogen and oxygen atoms in total. The summed E-state index contributed by atoms with van der Waals surface area (Å²) in [5, 5.41) is 4.98. The van der Waals surface area contributed by atoms with Crippen LogP contribution in [0.15, 0.2) is 24.3 Å². The Morgan fingerprint density at radius 3 is 2.42 bits per heavy atom. The molecule has 0 spiro atoms. The molecule has 0 saturated heterocycles. The highest BCUT2D eigenvalue weighted by atomic mass is 35.5. The lowest BCUT2D eigenvalue weighted by Gasteiger charge is -2.22. The van der Waals surface area contributed by atoms with E-state index in [-0.39, 0.29) is 6.67 Å². The maximum Gasteiger partial charge on any atom is 0.401 e. The number of aromatic nitrogens is 3. The van der Waals surface area contributed by atoms with Crippen molar-refractivity contribution in [1.29, 1.82) is 0 Å². The molecule has 0 fully saturated rings. The Morgan fingerprint density at radius 1 is 1.25 bits per heavy atom. The minimum absolute atomic E-state index is 0.00634. The van der Waals surface area contributed by atoms with Crippen molar-refractivity contribution in [1.82, 2.24) is 19.2 Å². The third-order valence-corrected chi connectivity index (χ3v) is 4.16. The zero-order valence-electron chi connectivity index (χ0n) is 13.3. The second kappa shape index (κ2) is 7.67. The average molecular weight is 379 g/mol. The highest BCUT2D eigenvalue weighted by Crippen LogP contribution is 2.21. The molecule has 0 aliphatic carbocycles. The molecular formula is C15H18ClF3N4S. The smallest absolute Gasteiger partial charge is 0.303 e. The van der Waals surface area contributed by atoms with Crippen LogP contribution in [-0.4, -0.2) is 38.5 Å². The zero-order valence-corrected chi connectivity index (χ0v) is 14.9. The first-order valence-electron chi connectivity index (χ1n) is 7.40. The molecule has 0 saturated carbocycles. The number of benzene rings is 1. The van der Waals surface area contributed by atoms with Gasteiger partial charge >= 0.3 is 6.18 Å². The lowest BCUT2D eigenvalue weighted by molar-refractivity contribution is -0.149. The van der Waals surface area contributed by atoms with Gasteiger partial charge in [0.15, 0.2) is 10.6 Å². The van der Waals surface area contributed by atoms with Gasteiger partial charge in [-0.3, -0.25) is 4.90 Å². The third-order valence-electron chi connectivity index (χ3n) is 3.42. The number of nitrogens with zero attached hydrogens (tertiary/aromatic N) is 4. The van der Waals surface area contributed by atoms with E-state index in [1.54, 1.807) is 35.9 Å². The Bertz CT molecular complexity index is 737. The fraction of sp³-hybridized carbons (Fsp3) is 0.467. The lowest BCUT2D eigenvalue weighted by Crippen LogP contribution is -2.36. The van der Waals surface area contributed by atoms with Crippen molar-refractivity contribution in [2.45, 2.75) is 26.2 Å². The van der Waals surface area contributed by atoms with Crippen molar-refractivity contribution in [2.24, 2.45) is 7.05 Å². The van der Waals surface area contributed by atoms with E-state index in [0.717, 1.165) is 5.56 Å². The second-order valence-corrected chi connectivity index (χ2v) is 6.28. The number of alkyl halides is 3. The fourth-order valence-electron chi connectivity index (χ4n) is 2.39. The number of hydrogen-bond acceptors (Lipinski definition) is 3. The summed E-state index contributed by atoms with van der Waals surface area (Å²) in [6.45, 7) is 1.15. The fourth-order valence-corrected chi connectivity index (χ4v) is 2.70. The summed E-state index contributed by atoms with van der Waals surface area (Å²) in [5.41, 5.74) is 0.796. The van der Waals surface area contributed by atoms with E-state index in [2.05, 4.69) is 5.10 Å². The highest BCUT2D eigenvalue weighted by molar-refractivity contribution is 7.71. The first kappa shape index (κ1) is 19.0. The van der Waals surface area contributed by atoms with Gasteiger partial charge in [0.25, 0.3) is 0 Å². The first-order valence-corrected chi connectivity index (χ1v) is 8.18. The molecule has 0 bridgehead atoms. The molecular weight excluding hydrogens is 361 g/mol. The van der Waals surface area contributed by atoms with Crippen LogP contribution in [0.4, 0.5) is 13.2 Å². The van der Waals surface area contributed by atoms with Crippen LogP contribution in [-0.2, 0) is 13.7 Å². The van der Waals surface area contributed by atoms with Crippen LogP contribution < -0.4 is 0 Å². The largest absolute Gasteiger partial charge is 0.401 e. The Kier molecular flexibility index (Phi) is 6.06. The van der Waals surface area contributed by atoms with Crippen LogP contribution in [0.3, 0.4) is 0 Å². The van der Waals surface area contributed by atoms with Gasteiger partial charge in [-0.1, -0.05) is 18.5 Å². The normalized spacial score (nSPS) is 12.1. The van der Waals surface area contributed by atoms with Crippen LogP contribution in [0.2, 0.25) is 5.02 Å². The summed E-state index contributed by atoms with van der Waals surface area (Å²) in [7, 11) is 1.74. The standard InChI is InChI=1S/C15H18ClF3N4S/c1-3-8-22(9-15(17,18)19)10-23-14(24)21(2)13(20-23)11-4-6-12(16)7-5-11/h4-7H,3,8-10H2,1-2H3. The lowest BCUT2D eigenvalue weighted by atomic mass is 10.2. The monoisotopic (exact) mass is 378 g/mol. The summed E-state index contributed by atoms with van der Waals surface area (Å²) in [4.78, 5) is 1.29. The summed E-state index contributed by atoms with van der Waals surface area (Å²) in [5.74, 6) is 0.583. The summed E-state index contributed by atoms with van der Waals surface area (Å²) < 4.78 is 41.6. The topological polar surface area (TPSA) is 26.0 Å². The molecule has 132 valence electrons. The molecule has 0 aliphatic heterocycles. The molecule has 0 amide bonds. The molecule has 0 N–H and O–H groups in total. The van der Waals surface area contributed by atoms with Gasteiger partial charge < -0.3 is 4.57 Å². The van der Waals surface area contributed by atoms with Gasteiger partial charge in [-0.15, -0.1) is 0 Å². The molecule has 1 heterocycles. The Hall–Kier alpha value is -1.38. The van der Waals surface area contributed by atoms with Gasteiger partial charge in [0.1, 0.15) is 0 Å². The SMILES string of the molecule is CCCN(Cn1nc(-c2ccc(Cl)cc2)n(C)c1=S)CC(F)(F)F. The maximum absolute atomic E-state index is 12.7. The zero-order chi connectivity index (χ0) is 17.9. The summed E-state index contributed by atoms with van der Waals surface area (Å²) >= 11 is 11.2. The van der Waals surface area contributed by atoms with E-state index in [1.807, 2.05) is 6.92 Å². The minimum atomic E-state index is -4.26. The van der Waals surface area contributed by atoms with Crippen molar-refractivity contribution in [2.75, 3.05) is 13.1 Å². The van der Waals surface area contributed by atoms with E-state index >= 15 is 0 Å². The molecule has 1 aromatic heterocycles.